The molecule has 0 aliphatic carbocycles. The van der Waals surface area contributed by atoms with Crippen molar-refractivity contribution < 1.29 is 9.59 Å². The highest BCUT2D eigenvalue weighted by atomic mass is 32.1. The Hall–Kier alpha value is -2.21. The molecular formula is C18H21N3O2S. The van der Waals surface area contributed by atoms with E-state index in [2.05, 4.69) is 22.0 Å². The average molecular weight is 343 g/mol. The average Bonchev–Trinajstić information content (AvgIpc) is 3.03. The zero-order chi connectivity index (χ0) is 17.3. The van der Waals surface area contributed by atoms with Crippen LogP contribution < -0.4 is 4.90 Å². The van der Waals surface area contributed by atoms with Crippen LogP contribution in [0.2, 0.25) is 0 Å². The van der Waals surface area contributed by atoms with Gasteiger partial charge in [0.25, 0.3) is 5.91 Å². The van der Waals surface area contributed by atoms with Crippen LogP contribution >= 0.6 is 11.3 Å². The van der Waals surface area contributed by atoms with Crippen LogP contribution in [0.1, 0.15) is 37.7 Å². The van der Waals surface area contributed by atoms with Crippen LogP contribution in [0.15, 0.2) is 24.3 Å². The van der Waals surface area contributed by atoms with Crippen molar-refractivity contribution in [1.82, 2.24) is 9.88 Å². The largest absolute Gasteiger partial charge is 0.368 e. The Bertz CT molecular complexity index is 756. The molecule has 1 fully saturated rings. The van der Waals surface area contributed by atoms with Crippen molar-refractivity contribution in [3.05, 3.63) is 45.4 Å². The van der Waals surface area contributed by atoms with Gasteiger partial charge in [0.1, 0.15) is 0 Å². The van der Waals surface area contributed by atoms with Crippen molar-refractivity contribution >= 4 is 28.7 Å². The zero-order valence-electron chi connectivity index (χ0n) is 14.2. The molecule has 0 N–H and O–H groups in total. The summed E-state index contributed by atoms with van der Waals surface area (Å²) in [7, 11) is 0. The second-order valence-electron chi connectivity index (χ2n) is 6.11. The van der Waals surface area contributed by atoms with E-state index in [1.807, 2.05) is 18.7 Å². The van der Waals surface area contributed by atoms with Crippen molar-refractivity contribution in [2.24, 2.45) is 0 Å². The van der Waals surface area contributed by atoms with Crippen LogP contribution in [0, 0.1) is 13.8 Å². The van der Waals surface area contributed by atoms with E-state index >= 15 is 0 Å². The number of hydrogen-bond acceptors (Lipinski definition) is 5. The minimum Gasteiger partial charge on any atom is -0.368 e. The van der Waals surface area contributed by atoms with Gasteiger partial charge in [0.05, 0.1) is 9.75 Å². The number of nitrogens with zero attached hydrogens (tertiary/aromatic N) is 3. The van der Waals surface area contributed by atoms with Gasteiger partial charge in [-0.05, 0) is 45.0 Å². The third kappa shape index (κ3) is 3.48. The molecule has 0 aromatic carbocycles. The number of anilines is 1. The van der Waals surface area contributed by atoms with Crippen molar-refractivity contribution in [1.29, 1.82) is 0 Å². The highest BCUT2D eigenvalue weighted by molar-refractivity contribution is 7.15. The molecule has 2 aromatic heterocycles. The number of amides is 1. The summed E-state index contributed by atoms with van der Waals surface area (Å²) in [6, 6.07) is 7.66. The third-order valence-electron chi connectivity index (χ3n) is 4.16. The molecule has 2 aromatic rings. The number of ketones is 1. The summed E-state index contributed by atoms with van der Waals surface area (Å²) in [5.41, 5.74) is 3.19. The number of rotatable bonds is 3. The van der Waals surface area contributed by atoms with E-state index in [4.69, 9.17) is 0 Å². The summed E-state index contributed by atoms with van der Waals surface area (Å²) in [6.45, 7) is 8.51. The number of carbonyl (C=O) groups is 2. The van der Waals surface area contributed by atoms with Crippen LogP contribution in [-0.4, -0.2) is 47.8 Å². The van der Waals surface area contributed by atoms with E-state index in [1.54, 1.807) is 12.1 Å². The fourth-order valence-corrected chi connectivity index (χ4v) is 3.83. The van der Waals surface area contributed by atoms with Gasteiger partial charge in [-0.25, -0.2) is 0 Å². The first-order valence-electron chi connectivity index (χ1n) is 8.04. The van der Waals surface area contributed by atoms with Crippen LogP contribution in [0.3, 0.4) is 0 Å². The number of thiophene rings is 1. The van der Waals surface area contributed by atoms with Gasteiger partial charge in [0.2, 0.25) is 0 Å². The molecule has 5 nitrogen and oxygen atoms in total. The number of aromatic nitrogens is 1. The number of hydrogen-bond donors (Lipinski definition) is 0. The highest BCUT2D eigenvalue weighted by Crippen LogP contribution is 2.22. The normalized spacial score (nSPS) is 14.8. The van der Waals surface area contributed by atoms with E-state index in [9.17, 15) is 9.59 Å². The van der Waals surface area contributed by atoms with E-state index in [-0.39, 0.29) is 11.7 Å². The first-order chi connectivity index (χ1) is 11.4. The number of Topliss-reactive ketones (excluding diaryl/α,β-unsaturated/α-hetero) is 1. The molecule has 1 aliphatic rings. The monoisotopic (exact) mass is 343 g/mol. The maximum Gasteiger partial charge on any atom is 0.264 e. The van der Waals surface area contributed by atoms with E-state index in [0.29, 0.717) is 22.8 Å². The summed E-state index contributed by atoms with van der Waals surface area (Å²) in [5.74, 6) is 0.0292. The lowest BCUT2D eigenvalue weighted by Gasteiger charge is -2.36. The molecule has 6 heteroatoms. The minimum atomic E-state index is 0.00676. The summed E-state index contributed by atoms with van der Waals surface area (Å²) in [5, 5.41) is 0. The minimum absolute atomic E-state index is 0.00676. The topological polar surface area (TPSA) is 53.5 Å². The Balaban J connectivity index is 1.65. The smallest absolute Gasteiger partial charge is 0.264 e. The van der Waals surface area contributed by atoms with Gasteiger partial charge in [-0.3, -0.25) is 14.6 Å². The first-order valence-corrected chi connectivity index (χ1v) is 8.86. The zero-order valence-corrected chi connectivity index (χ0v) is 15.0. The second kappa shape index (κ2) is 6.73. The van der Waals surface area contributed by atoms with Gasteiger partial charge in [-0.1, -0.05) is 0 Å². The summed E-state index contributed by atoms with van der Waals surface area (Å²) in [4.78, 5) is 33.8. The van der Waals surface area contributed by atoms with Gasteiger partial charge < -0.3 is 9.80 Å². The highest BCUT2D eigenvalue weighted by Gasteiger charge is 2.24. The van der Waals surface area contributed by atoms with Crippen LogP contribution in [0.5, 0.6) is 0 Å². The van der Waals surface area contributed by atoms with Crippen LogP contribution in [0.4, 0.5) is 5.69 Å². The quantitative estimate of drug-likeness (QED) is 0.804. The Labute approximate surface area is 145 Å². The molecular weight excluding hydrogens is 322 g/mol. The number of piperazine rings is 1. The Morgan fingerprint density at radius 1 is 1.00 bits per heavy atom. The van der Waals surface area contributed by atoms with Gasteiger partial charge in [0, 0.05) is 43.3 Å². The van der Waals surface area contributed by atoms with Crippen molar-refractivity contribution in [2.75, 3.05) is 31.1 Å². The summed E-state index contributed by atoms with van der Waals surface area (Å²) < 4.78 is 0. The molecule has 1 aliphatic heterocycles. The third-order valence-corrected chi connectivity index (χ3v) is 5.34. The molecule has 0 bridgehead atoms. The molecule has 0 unspecified atom stereocenters. The molecule has 0 atom stereocenters. The molecule has 3 heterocycles. The Morgan fingerprint density at radius 2 is 1.58 bits per heavy atom. The maximum absolute atomic E-state index is 12.6. The van der Waals surface area contributed by atoms with Crippen molar-refractivity contribution in [2.45, 2.75) is 20.8 Å². The number of carbonyl (C=O) groups excluding carboxylic acids is 2. The molecule has 0 radical (unpaired) electrons. The molecule has 1 amide bonds. The van der Waals surface area contributed by atoms with E-state index < -0.39 is 0 Å². The molecule has 0 saturated carbocycles. The Morgan fingerprint density at radius 3 is 2.12 bits per heavy atom. The van der Waals surface area contributed by atoms with Gasteiger partial charge in [-0.2, -0.15) is 0 Å². The molecule has 0 spiro atoms. The van der Waals surface area contributed by atoms with E-state index in [1.165, 1.54) is 23.9 Å². The van der Waals surface area contributed by atoms with Crippen molar-refractivity contribution in [3.63, 3.8) is 0 Å². The lowest BCUT2D eigenvalue weighted by molar-refractivity contribution is 0.0751. The summed E-state index contributed by atoms with van der Waals surface area (Å²) in [6.07, 6.45) is 0. The molecule has 1 saturated heterocycles. The molecule has 3 rings (SSSR count). The second-order valence-corrected chi connectivity index (χ2v) is 7.19. The fourth-order valence-electron chi connectivity index (χ4n) is 2.96. The van der Waals surface area contributed by atoms with Crippen molar-refractivity contribution in [3.8, 4) is 0 Å². The lowest BCUT2D eigenvalue weighted by Crippen LogP contribution is -2.48. The van der Waals surface area contributed by atoms with E-state index in [0.717, 1.165) is 24.5 Å². The number of pyridine rings is 1. The van der Waals surface area contributed by atoms with Crippen LogP contribution in [0.25, 0.3) is 0 Å². The fraction of sp³-hybridized carbons (Fsp3) is 0.389. The lowest BCUT2D eigenvalue weighted by atomic mass is 10.2. The van der Waals surface area contributed by atoms with Gasteiger partial charge in [0.15, 0.2) is 5.78 Å². The Kier molecular flexibility index (Phi) is 4.66. The molecule has 24 heavy (non-hydrogen) atoms. The standard InChI is InChI=1S/C18H21N3O2S/c1-12-10-15(11-13(2)19-12)20-6-8-21(9-7-20)18(23)17-5-4-16(24-17)14(3)22/h4-5,10-11H,6-9H2,1-3H3. The molecule has 126 valence electrons. The van der Waals surface area contributed by atoms with Gasteiger partial charge >= 0.3 is 0 Å². The first kappa shape index (κ1) is 16.6. The maximum atomic E-state index is 12.6. The number of aryl methyl sites for hydroxylation is 2. The SMILES string of the molecule is CC(=O)c1ccc(C(=O)N2CCN(c3cc(C)nc(C)c3)CC2)s1. The van der Waals surface area contributed by atoms with Crippen LogP contribution in [-0.2, 0) is 0 Å². The summed E-state index contributed by atoms with van der Waals surface area (Å²) >= 11 is 1.28. The predicted octanol–water partition coefficient (Wildman–Crippen LogP) is 2.92. The predicted molar refractivity (Wildman–Crippen MR) is 96.2 cm³/mol. The van der Waals surface area contributed by atoms with Gasteiger partial charge in [-0.15, -0.1) is 11.3 Å².